The highest BCUT2D eigenvalue weighted by molar-refractivity contribution is 6.02. The number of nitrogens with zero attached hydrogens (tertiary/aromatic N) is 3. The first-order chi connectivity index (χ1) is 10.6. The average Bonchev–Trinajstić information content (AvgIpc) is 2.88. The van der Waals surface area contributed by atoms with Crippen molar-refractivity contribution in [3.05, 3.63) is 59.4 Å². The number of benzene rings is 1. The third-order valence-corrected chi connectivity index (χ3v) is 3.19. The predicted octanol–water partition coefficient (Wildman–Crippen LogP) is 1.36. The summed E-state index contributed by atoms with van der Waals surface area (Å²) in [6, 6.07) is 6.66. The molecule has 2 heterocycles. The molecule has 2 aromatic heterocycles. The van der Waals surface area contributed by atoms with E-state index in [9.17, 15) is 13.6 Å². The molecule has 3 rings (SSSR count). The summed E-state index contributed by atoms with van der Waals surface area (Å²) in [5, 5.41) is 4.12. The highest BCUT2D eigenvalue weighted by atomic mass is 19.1. The largest absolute Gasteiger partial charge is 0.289 e. The number of aromatic nitrogens is 3. The number of nitrogens with two attached hydrogens (primary N) is 1. The first kappa shape index (κ1) is 14.1. The summed E-state index contributed by atoms with van der Waals surface area (Å²) in [7, 11) is 0. The zero-order valence-corrected chi connectivity index (χ0v) is 11.3. The molecule has 0 saturated heterocycles. The van der Waals surface area contributed by atoms with Crippen molar-refractivity contribution in [2.75, 3.05) is 0 Å². The number of rotatable bonds is 3. The van der Waals surface area contributed by atoms with E-state index >= 15 is 0 Å². The molecule has 0 atom stereocenters. The molecule has 112 valence electrons. The summed E-state index contributed by atoms with van der Waals surface area (Å²) in [5.41, 5.74) is 3.18. The first-order valence-electron chi connectivity index (χ1n) is 6.36. The first-order valence-corrected chi connectivity index (χ1v) is 6.36. The minimum atomic E-state index is -0.683. The molecule has 22 heavy (non-hydrogen) atoms. The van der Waals surface area contributed by atoms with Gasteiger partial charge in [0.15, 0.2) is 5.69 Å². The van der Waals surface area contributed by atoms with Crippen molar-refractivity contribution < 1.29 is 13.6 Å². The molecule has 0 aliphatic heterocycles. The Labute approximate surface area is 123 Å². The van der Waals surface area contributed by atoms with E-state index in [1.807, 2.05) is 5.43 Å². The van der Waals surface area contributed by atoms with Gasteiger partial charge in [0, 0.05) is 17.8 Å². The van der Waals surface area contributed by atoms with Crippen molar-refractivity contribution in [1.82, 2.24) is 20.2 Å². The van der Waals surface area contributed by atoms with Gasteiger partial charge in [0.2, 0.25) is 0 Å². The van der Waals surface area contributed by atoms with Gasteiger partial charge in [0.25, 0.3) is 5.91 Å². The predicted molar refractivity (Wildman–Crippen MR) is 74.6 cm³/mol. The molecule has 8 heteroatoms. The van der Waals surface area contributed by atoms with Crippen molar-refractivity contribution >= 4 is 16.9 Å². The molecule has 1 amide bonds. The highest BCUT2D eigenvalue weighted by Crippen LogP contribution is 2.18. The lowest BCUT2D eigenvalue weighted by atomic mass is 10.2. The van der Waals surface area contributed by atoms with Gasteiger partial charge in [0.1, 0.15) is 17.2 Å². The Bertz CT molecular complexity index is 862. The van der Waals surface area contributed by atoms with Crippen LogP contribution in [0.15, 0.2) is 36.5 Å². The molecule has 6 nitrogen and oxygen atoms in total. The Morgan fingerprint density at radius 1 is 1.32 bits per heavy atom. The second-order valence-corrected chi connectivity index (χ2v) is 4.59. The smallest absolute Gasteiger partial charge is 0.287 e. The fourth-order valence-electron chi connectivity index (χ4n) is 2.16. The summed E-state index contributed by atoms with van der Waals surface area (Å²) in [6.07, 6.45) is 1.51. The van der Waals surface area contributed by atoms with Gasteiger partial charge in [-0.05, 0) is 18.2 Å². The molecular weight excluding hydrogens is 292 g/mol. The standard InChI is InChI=1S/C14H11F2N5O/c15-9-4-3-8(10(16)6-9)7-21-11-2-1-5-18-12(11)13(20-21)14(22)19-17/h1-6H,7,17H2,(H,19,22). The number of halogens is 2. The average molecular weight is 303 g/mol. The summed E-state index contributed by atoms with van der Waals surface area (Å²) in [4.78, 5) is 15.8. The van der Waals surface area contributed by atoms with Gasteiger partial charge >= 0.3 is 0 Å². The van der Waals surface area contributed by atoms with Gasteiger partial charge in [-0.25, -0.2) is 14.6 Å². The van der Waals surface area contributed by atoms with E-state index in [-0.39, 0.29) is 17.8 Å². The molecule has 3 N–H and O–H groups in total. The maximum absolute atomic E-state index is 13.8. The number of nitrogen functional groups attached to an aromatic ring is 1. The zero-order chi connectivity index (χ0) is 15.7. The quantitative estimate of drug-likeness (QED) is 0.434. The van der Waals surface area contributed by atoms with Gasteiger partial charge in [-0.2, -0.15) is 5.10 Å². The number of carbonyl (C=O) groups is 1. The van der Waals surface area contributed by atoms with E-state index in [1.165, 1.54) is 16.9 Å². The van der Waals surface area contributed by atoms with E-state index in [0.29, 0.717) is 11.0 Å². The molecule has 0 saturated carbocycles. The van der Waals surface area contributed by atoms with Crippen molar-refractivity contribution in [3.63, 3.8) is 0 Å². The third-order valence-electron chi connectivity index (χ3n) is 3.19. The SMILES string of the molecule is NNC(=O)c1nn(Cc2ccc(F)cc2F)c2cccnc12. The lowest BCUT2D eigenvalue weighted by molar-refractivity contribution is 0.0949. The van der Waals surface area contributed by atoms with Crippen molar-refractivity contribution in [2.24, 2.45) is 5.84 Å². The van der Waals surface area contributed by atoms with Crippen molar-refractivity contribution in [3.8, 4) is 0 Å². The number of hydrazine groups is 1. The molecule has 0 fully saturated rings. The molecule has 3 aromatic rings. The second-order valence-electron chi connectivity index (χ2n) is 4.59. The van der Waals surface area contributed by atoms with E-state index in [0.717, 1.165) is 12.1 Å². The van der Waals surface area contributed by atoms with Crippen LogP contribution in [-0.4, -0.2) is 20.7 Å². The van der Waals surface area contributed by atoms with Crippen LogP contribution < -0.4 is 11.3 Å². The Hall–Kier alpha value is -2.87. The van der Waals surface area contributed by atoms with Crippen LogP contribution in [-0.2, 0) is 6.54 Å². The van der Waals surface area contributed by atoms with E-state index in [4.69, 9.17) is 5.84 Å². The van der Waals surface area contributed by atoms with Gasteiger partial charge in [-0.15, -0.1) is 0 Å². The fourth-order valence-corrected chi connectivity index (χ4v) is 2.16. The van der Waals surface area contributed by atoms with Gasteiger partial charge in [-0.1, -0.05) is 6.07 Å². The lowest BCUT2D eigenvalue weighted by Crippen LogP contribution is -2.30. The Kier molecular flexibility index (Phi) is 3.51. The van der Waals surface area contributed by atoms with Crippen molar-refractivity contribution in [2.45, 2.75) is 6.54 Å². The number of carbonyl (C=O) groups excluding carboxylic acids is 1. The third kappa shape index (κ3) is 2.40. The van der Waals surface area contributed by atoms with Gasteiger partial charge in [0.05, 0.1) is 12.1 Å². The van der Waals surface area contributed by atoms with Crippen molar-refractivity contribution in [1.29, 1.82) is 0 Å². The lowest BCUT2D eigenvalue weighted by Gasteiger charge is -2.05. The second kappa shape index (κ2) is 5.49. The summed E-state index contributed by atoms with van der Waals surface area (Å²) >= 11 is 0. The van der Waals surface area contributed by atoms with Crippen LogP contribution in [0.25, 0.3) is 11.0 Å². The van der Waals surface area contributed by atoms with Crippen LogP contribution in [0.2, 0.25) is 0 Å². The highest BCUT2D eigenvalue weighted by Gasteiger charge is 2.18. The summed E-state index contributed by atoms with van der Waals surface area (Å²) < 4.78 is 28.1. The molecule has 0 bridgehead atoms. The normalized spacial score (nSPS) is 10.9. The molecule has 0 aliphatic rings. The van der Waals surface area contributed by atoms with Crippen LogP contribution in [0.3, 0.4) is 0 Å². The monoisotopic (exact) mass is 303 g/mol. The number of hydrogen-bond acceptors (Lipinski definition) is 4. The van der Waals surface area contributed by atoms with Gasteiger partial charge in [-0.3, -0.25) is 19.9 Å². The fraction of sp³-hybridized carbons (Fsp3) is 0.0714. The number of amides is 1. The Morgan fingerprint density at radius 2 is 2.14 bits per heavy atom. The summed E-state index contributed by atoms with van der Waals surface area (Å²) in [6.45, 7) is 0.0339. The van der Waals surface area contributed by atoms with E-state index in [1.54, 1.807) is 12.1 Å². The van der Waals surface area contributed by atoms with Crippen LogP contribution in [0.1, 0.15) is 16.1 Å². The maximum atomic E-state index is 13.8. The number of nitrogens with one attached hydrogen (secondary N) is 1. The van der Waals surface area contributed by atoms with Crippen LogP contribution in [0, 0.1) is 11.6 Å². The Morgan fingerprint density at radius 3 is 2.86 bits per heavy atom. The Balaban J connectivity index is 2.09. The summed E-state index contributed by atoms with van der Waals surface area (Å²) in [5.74, 6) is 3.19. The number of pyridine rings is 1. The number of hydrogen-bond donors (Lipinski definition) is 2. The van der Waals surface area contributed by atoms with Crippen LogP contribution in [0.5, 0.6) is 0 Å². The minimum Gasteiger partial charge on any atom is -0.289 e. The van der Waals surface area contributed by atoms with Gasteiger partial charge < -0.3 is 0 Å². The number of fused-ring (bicyclic) bond motifs is 1. The van der Waals surface area contributed by atoms with Crippen LogP contribution >= 0.6 is 0 Å². The molecule has 1 aromatic carbocycles. The minimum absolute atomic E-state index is 0.0339. The van der Waals surface area contributed by atoms with E-state index < -0.39 is 17.5 Å². The molecule has 0 spiro atoms. The molecule has 0 unspecified atom stereocenters. The van der Waals surface area contributed by atoms with Crippen LogP contribution in [0.4, 0.5) is 8.78 Å². The maximum Gasteiger partial charge on any atom is 0.287 e. The topological polar surface area (TPSA) is 85.8 Å². The zero-order valence-electron chi connectivity index (χ0n) is 11.3. The molecule has 0 aliphatic carbocycles. The molecular formula is C14H11F2N5O. The van der Waals surface area contributed by atoms with E-state index in [2.05, 4.69) is 10.1 Å². The molecule has 0 radical (unpaired) electrons.